The van der Waals surface area contributed by atoms with Crippen LogP contribution in [0.15, 0.2) is 18.2 Å². The van der Waals surface area contributed by atoms with E-state index >= 15 is 0 Å². The van der Waals surface area contributed by atoms with E-state index in [0.717, 1.165) is 10.9 Å². The molecular formula is C8H4BrN2O4P. The lowest BCUT2D eigenvalue weighted by Gasteiger charge is -2.17. The van der Waals surface area contributed by atoms with E-state index in [9.17, 15) is 4.57 Å². The maximum absolute atomic E-state index is 11.9. The fourth-order valence-electron chi connectivity index (χ4n) is 1.97. The van der Waals surface area contributed by atoms with Crippen LogP contribution in [0.1, 0.15) is 0 Å². The number of aromatic nitrogens is 1. The van der Waals surface area contributed by atoms with Gasteiger partial charge in [0.1, 0.15) is 5.75 Å². The van der Waals surface area contributed by atoms with Crippen LogP contribution in [-0.2, 0) is 4.57 Å². The molecule has 3 heterocycles. The van der Waals surface area contributed by atoms with Crippen LogP contribution >= 0.6 is 24.0 Å². The zero-order valence-electron chi connectivity index (χ0n) is 7.64. The van der Waals surface area contributed by atoms with Gasteiger partial charge in [0.15, 0.2) is 0 Å². The number of nitrogens with zero attached hydrogens (tertiary/aromatic N) is 1. The zero-order chi connectivity index (χ0) is 10.9. The molecule has 2 aromatic rings. The molecule has 2 bridgehead atoms. The summed E-state index contributed by atoms with van der Waals surface area (Å²) in [4.78, 5) is 0. The molecule has 0 spiro atoms. The molecule has 16 heavy (non-hydrogen) atoms. The maximum atomic E-state index is 11.9. The molecule has 0 fully saturated rings. The van der Waals surface area contributed by atoms with Crippen LogP contribution in [-0.4, -0.2) is 4.68 Å². The standard InChI is InChI=1S/C8H4BrN2O4P/c9-10-11-4-2-1-3-5-6(4)7-8(11)15-16(12,13-5)14-7/h1-3,10H. The van der Waals surface area contributed by atoms with Crippen molar-refractivity contribution < 1.29 is 18.1 Å². The Kier molecular flexibility index (Phi) is 1.37. The van der Waals surface area contributed by atoms with Gasteiger partial charge < -0.3 is 13.6 Å². The van der Waals surface area contributed by atoms with E-state index in [1.807, 2.05) is 12.1 Å². The Balaban J connectivity index is 2.25. The summed E-state index contributed by atoms with van der Waals surface area (Å²) in [6.07, 6.45) is 0. The van der Waals surface area contributed by atoms with Gasteiger partial charge in [0.25, 0.3) is 5.88 Å². The number of phosphoric acid groups is 1. The second kappa shape index (κ2) is 2.49. The molecule has 1 atom stereocenters. The molecule has 1 aromatic heterocycles. The second-order valence-electron chi connectivity index (χ2n) is 3.43. The van der Waals surface area contributed by atoms with Gasteiger partial charge in [0.05, 0.1) is 27.1 Å². The summed E-state index contributed by atoms with van der Waals surface area (Å²) >= 11 is 3.12. The molecule has 4 rings (SSSR count). The molecule has 2 aliphatic heterocycles. The molecule has 0 amide bonds. The van der Waals surface area contributed by atoms with E-state index < -0.39 is 7.82 Å². The number of fused-ring (bicyclic) bond motifs is 1. The summed E-state index contributed by atoms with van der Waals surface area (Å²) in [7, 11) is -3.49. The minimum Gasteiger partial charge on any atom is -0.385 e. The number of benzene rings is 1. The first-order valence-corrected chi connectivity index (χ1v) is 6.70. The summed E-state index contributed by atoms with van der Waals surface area (Å²) in [5.74, 6) is 1.34. The predicted octanol–water partition coefficient (Wildman–Crippen LogP) is 2.77. The van der Waals surface area contributed by atoms with Crippen molar-refractivity contribution in [2.24, 2.45) is 0 Å². The van der Waals surface area contributed by atoms with Crippen molar-refractivity contribution in [3.05, 3.63) is 18.2 Å². The fourth-order valence-corrected chi connectivity index (χ4v) is 3.60. The van der Waals surface area contributed by atoms with E-state index in [-0.39, 0.29) is 0 Å². The predicted molar refractivity (Wildman–Crippen MR) is 59.7 cm³/mol. The Morgan fingerprint density at radius 2 is 2.19 bits per heavy atom. The van der Waals surface area contributed by atoms with Crippen molar-refractivity contribution in [1.29, 1.82) is 0 Å². The lowest BCUT2D eigenvalue weighted by Crippen LogP contribution is -2.09. The molecule has 1 unspecified atom stereocenters. The summed E-state index contributed by atoms with van der Waals surface area (Å²) < 4.78 is 31.9. The number of rotatable bonds is 1. The Hall–Kier alpha value is -1.33. The molecule has 0 aliphatic carbocycles. The highest BCUT2D eigenvalue weighted by molar-refractivity contribution is 9.10. The minimum atomic E-state index is -3.49. The van der Waals surface area contributed by atoms with E-state index in [1.54, 1.807) is 10.7 Å². The van der Waals surface area contributed by atoms with Crippen LogP contribution in [0, 0.1) is 0 Å². The van der Waals surface area contributed by atoms with Crippen molar-refractivity contribution in [3.63, 3.8) is 0 Å². The summed E-state index contributed by atoms with van der Waals surface area (Å²) in [6.45, 7) is 0. The third-order valence-electron chi connectivity index (χ3n) is 2.57. The number of phosphoric ester groups is 1. The quantitative estimate of drug-likeness (QED) is 0.648. The highest BCUT2D eigenvalue weighted by Crippen LogP contribution is 2.67. The summed E-state index contributed by atoms with van der Waals surface area (Å²) in [5, 5.41) is 0.758. The summed E-state index contributed by atoms with van der Waals surface area (Å²) in [5.41, 5.74) is 0.824. The van der Waals surface area contributed by atoms with Gasteiger partial charge in [0.2, 0.25) is 5.75 Å². The summed E-state index contributed by atoms with van der Waals surface area (Å²) in [6, 6.07) is 5.42. The van der Waals surface area contributed by atoms with Gasteiger partial charge in [-0.3, -0.25) is 4.45 Å². The van der Waals surface area contributed by atoms with Gasteiger partial charge in [-0.15, -0.1) is 0 Å². The van der Waals surface area contributed by atoms with Crippen LogP contribution in [0.5, 0.6) is 17.4 Å². The molecule has 8 heteroatoms. The van der Waals surface area contributed by atoms with E-state index in [0.29, 0.717) is 17.4 Å². The largest absolute Gasteiger partial charge is 0.648 e. The van der Waals surface area contributed by atoms with Crippen molar-refractivity contribution in [2.75, 3.05) is 4.45 Å². The van der Waals surface area contributed by atoms with Crippen molar-refractivity contribution >= 4 is 34.9 Å². The van der Waals surface area contributed by atoms with E-state index in [2.05, 4.69) is 20.6 Å². The number of hydrogen-bond acceptors (Lipinski definition) is 5. The average Bonchev–Trinajstić information content (AvgIpc) is 2.67. The third kappa shape index (κ3) is 0.827. The van der Waals surface area contributed by atoms with Crippen LogP contribution in [0.3, 0.4) is 0 Å². The first kappa shape index (κ1) is 8.78. The second-order valence-corrected chi connectivity index (χ2v) is 5.22. The van der Waals surface area contributed by atoms with Gasteiger partial charge in [-0.25, -0.2) is 4.68 Å². The molecule has 1 N–H and O–H groups in total. The Bertz CT molecular complexity index is 682. The van der Waals surface area contributed by atoms with Gasteiger partial charge in [-0.1, -0.05) is 6.07 Å². The Morgan fingerprint density at radius 1 is 1.31 bits per heavy atom. The topological polar surface area (TPSA) is 61.7 Å². The smallest absolute Gasteiger partial charge is 0.385 e. The van der Waals surface area contributed by atoms with Crippen molar-refractivity contribution in [3.8, 4) is 17.4 Å². The van der Waals surface area contributed by atoms with Crippen LogP contribution in [0.25, 0.3) is 10.9 Å². The number of nitrogens with one attached hydrogen (secondary N) is 1. The molecule has 0 saturated carbocycles. The third-order valence-corrected chi connectivity index (χ3v) is 4.14. The Morgan fingerprint density at radius 3 is 3.00 bits per heavy atom. The molecule has 1 aromatic carbocycles. The highest BCUT2D eigenvalue weighted by atomic mass is 79.9. The average molecular weight is 303 g/mol. The zero-order valence-corrected chi connectivity index (χ0v) is 10.1. The number of hydrogen-bond donors (Lipinski definition) is 1. The molecule has 0 saturated heterocycles. The molecule has 82 valence electrons. The van der Waals surface area contributed by atoms with E-state index in [4.69, 9.17) is 13.6 Å². The minimum absolute atomic E-state index is 0.361. The van der Waals surface area contributed by atoms with Gasteiger partial charge in [0, 0.05) is 0 Å². The van der Waals surface area contributed by atoms with Gasteiger partial charge in [-0.2, -0.15) is 4.57 Å². The van der Waals surface area contributed by atoms with Gasteiger partial charge in [-0.05, 0) is 12.1 Å². The maximum Gasteiger partial charge on any atom is 0.648 e. The SMILES string of the molecule is O=P12Oc3cccc4c3c(c(n4NBr)O1)O2. The molecule has 2 aliphatic rings. The van der Waals surface area contributed by atoms with Crippen molar-refractivity contribution in [2.45, 2.75) is 0 Å². The lowest BCUT2D eigenvalue weighted by atomic mass is 10.2. The van der Waals surface area contributed by atoms with Crippen LogP contribution in [0.4, 0.5) is 0 Å². The first-order valence-electron chi connectivity index (χ1n) is 4.45. The van der Waals surface area contributed by atoms with Gasteiger partial charge >= 0.3 is 7.82 Å². The van der Waals surface area contributed by atoms with Crippen molar-refractivity contribution in [1.82, 2.24) is 4.68 Å². The van der Waals surface area contributed by atoms with E-state index in [1.165, 1.54) is 0 Å². The molecule has 0 radical (unpaired) electrons. The first-order chi connectivity index (χ1) is 7.72. The number of halogens is 1. The molecule has 6 nitrogen and oxygen atoms in total. The highest BCUT2D eigenvalue weighted by Gasteiger charge is 2.49. The monoisotopic (exact) mass is 302 g/mol. The molecular weight excluding hydrogens is 299 g/mol. The fraction of sp³-hybridized carbons (Fsp3) is 0. The normalized spacial score (nSPS) is 24.1. The Labute approximate surface area is 98.0 Å². The van der Waals surface area contributed by atoms with Crippen LogP contribution < -0.4 is 18.0 Å². The van der Waals surface area contributed by atoms with Crippen LogP contribution in [0.2, 0.25) is 0 Å². The lowest BCUT2D eigenvalue weighted by molar-refractivity contribution is 0.323.